The van der Waals surface area contributed by atoms with Crippen molar-refractivity contribution in [1.29, 1.82) is 0 Å². The Labute approximate surface area is 107 Å². The number of carbonyl (C=O) groups is 1. The van der Waals surface area contributed by atoms with E-state index in [1.165, 1.54) is 0 Å². The number of amides is 1. The molecule has 0 saturated carbocycles. The first kappa shape index (κ1) is 14.6. The molecular formula is C12H24N2O2S. The van der Waals surface area contributed by atoms with Gasteiger partial charge in [-0.3, -0.25) is 9.00 Å². The number of hydrogen-bond acceptors (Lipinski definition) is 3. The van der Waals surface area contributed by atoms with E-state index in [-0.39, 0.29) is 11.9 Å². The average Bonchev–Trinajstić information content (AvgIpc) is 2.22. The van der Waals surface area contributed by atoms with Crippen LogP contribution in [0.1, 0.15) is 33.1 Å². The highest BCUT2D eigenvalue weighted by atomic mass is 32.2. The van der Waals surface area contributed by atoms with E-state index in [2.05, 4.69) is 19.2 Å². The normalized spacial score (nSPS) is 23.2. The SMILES string of the molecule is CC(C)NC1CCCN(CCCS(C)=O)C1=O. The molecule has 1 heterocycles. The van der Waals surface area contributed by atoms with Gasteiger partial charge in [0, 0.05) is 41.9 Å². The van der Waals surface area contributed by atoms with Crippen LogP contribution in [0.5, 0.6) is 0 Å². The maximum atomic E-state index is 12.1. The summed E-state index contributed by atoms with van der Waals surface area (Å²) >= 11 is 0. The predicted octanol–water partition coefficient (Wildman–Crippen LogP) is 0.744. The monoisotopic (exact) mass is 260 g/mol. The number of rotatable bonds is 6. The van der Waals surface area contributed by atoms with Crippen LogP contribution in [-0.2, 0) is 15.6 Å². The molecular weight excluding hydrogens is 236 g/mol. The van der Waals surface area contributed by atoms with Gasteiger partial charge in [0.1, 0.15) is 0 Å². The molecule has 0 radical (unpaired) electrons. The van der Waals surface area contributed by atoms with Gasteiger partial charge in [-0.05, 0) is 19.3 Å². The molecule has 100 valence electrons. The molecule has 1 saturated heterocycles. The average molecular weight is 260 g/mol. The smallest absolute Gasteiger partial charge is 0.239 e. The number of piperidine rings is 1. The van der Waals surface area contributed by atoms with Crippen LogP contribution in [0.25, 0.3) is 0 Å². The minimum Gasteiger partial charge on any atom is -0.341 e. The van der Waals surface area contributed by atoms with E-state index in [0.717, 1.165) is 32.4 Å². The van der Waals surface area contributed by atoms with E-state index < -0.39 is 10.8 Å². The summed E-state index contributed by atoms with van der Waals surface area (Å²) in [6.07, 6.45) is 4.54. The maximum Gasteiger partial charge on any atom is 0.239 e. The van der Waals surface area contributed by atoms with Gasteiger partial charge in [-0.1, -0.05) is 13.8 Å². The van der Waals surface area contributed by atoms with E-state index >= 15 is 0 Å². The number of nitrogens with zero attached hydrogens (tertiary/aromatic N) is 1. The van der Waals surface area contributed by atoms with Crippen molar-refractivity contribution in [3.63, 3.8) is 0 Å². The highest BCUT2D eigenvalue weighted by molar-refractivity contribution is 7.84. The second kappa shape index (κ2) is 7.11. The Morgan fingerprint density at radius 2 is 2.24 bits per heavy atom. The molecule has 1 aliphatic rings. The van der Waals surface area contributed by atoms with Gasteiger partial charge in [0.25, 0.3) is 0 Å². The molecule has 0 aromatic rings. The topological polar surface area (TPSA) is 49.4 Å². The minimum atomic E-state index is -0.753. The van der Waals surface area contributed by atoms with E-state index in [0.29, 0.717) is 11.8 Å². The largest absolute Gasteiger partial charge is 0.341 e. The fourth-order valence-electron chi connectivity index (χ4n) is 2.18. The fraction of sp³-hybridized carbons (Fsp3) is 0.917. The van der Waals surface area contributed by atoms with Crippen LogP contribution in [0.3, 0.4) is 0 Å². The first-order chi connectivity index (χ1) is 8.00. The molecule has 1 amide bonds. The molecule has 0 spiro atoms. The molecule has 1 rings (SSSR count). The summed E-state index contributed by atoms with van der Waals surface area (Å²) in [4.78, 5) is 14.0. The summed E-state index contributed by atoms with van der Waals surface area (Å²) in [7, 11) is -0.753. The molecule has 1 fully saturated rings. The van der Waals surface area contributed by atoms with Crippen molar-refractivity contribution in [3.05, 3.63) is 0 Å². The van der Waals surface area contributed by atoms with E-state index in [4.69, 9.17) is 0 Å². The number of hydrogen-bond donors (Lipinski definition) is 1. The lowest BCUT2D eigenvalue weighted by atomic mass is 10.0. The van der Waals surface area contributed by atoms with Crippen molar-refractivity contribution in [2.75, 3.05) is 25.1 Å². The lowest BCUT2D eigenvalue weighted by Gasteiger charge is -2.33. The first-order valence-electron chi connectivity index (χ1n) is 6.35. The van der Waals surface area contributed by atoms with Crippen LogP contribution in [0, 0.1) is 0 Å². The molecule has 4 nitrogen and oxygen atoms in total. The van der Waals surface area contributed by atoms with Gasteiger partial charge in [-0.15, -0.1) is 0 Å². The third kappa shape index (κ3) is 5.17. The van der Waals surface area contributed by atoms with Crippen molar-refractivity contribution in [2.45, 2.75) is 45.2 Å². The molecule has 0 bridgehead atoms. The van der Waals surface area contributed by atoms with Crippen LogP contribution in [0.2, 0.25) is 0 Å². The summed E-state index contributed by atoms with van der Waals surface area (Å²) in [5.74, 6) is 0.901. The Kier molecular flexibility index (Phi) is 6.12. The van der Waals surface area contributed by atoms with Gasteiger partial charge in [0.15, 0.2) is 0 Å². The highest BCUT2D eigenvalue weighted by Crippen LogP contribution is 2.12. The van der Waals surface area contributed by atoms with Gasteiger partial charge in [-0.2, -0.15) is 0 Å². The standard InChI is InChI=1S/C12H24N2O2S/c1-10(2)13-11-6-4-7-14(12(11)15)8-5-9-17(3)16/h10-11,13H,4-9H2,1-3H3. The molecule has 0 aromatic heterocycles. The Balaban J connectivity index is 2.39. The zero-order valence-electron chi connectivity index (χ0n) is 11.1. The summed E-state index contributed by atoms with van der Waals surface area (Å²) < 4.78 is 11.0. The van der Waals surface area contributed by atoms with Crippen molar-refractivity contribution in [3.8, 4) is 0 Å². The summed E-state index contributed by atoms with van der Waals surface area (Å²) in [5.41, 5.74) is 0. The van der Waals surface area contributed by atoms with Crippen molar-refractivity contribution >= 4 is 16.7 Å². The Morgan fingerprint density at radius 3 is 2.82 bits per heavy atom. The molecule has 17 heavy (non-hydrogen) atoms. The van der Waals surface area contributed by atoms with Crippen LogP contribution >= 0.6 is 0 Å². The molecule has 0 aromatic carbocycles. The van der Waals surface area contributed by atoms with Crippen molar-refractivity contribution < 1.29 is 9.00 Å². The first-order valence-corrected chi connectivity index (χ1v) is 8.08. The second-order valence-electron chi connectivity index (χ2n) is 4.97. The van der Waals surface area contributed by atoms with Gasteiger partial charge in [0.2, 0.25) is 5.91 Å². The molecule has 1 N–H and O–H groups in total. The molecule has 1 aliphatic heterocycles. The van der Waals surface area contributed by atoms with Gasteiger partial charge in [-0.25, -0.2) is 0 Å². The Hall–Kier alpha value is -0.420. The van der Waals surface area contributed by atoms with Gasteiger partial charge in [0.05, 0.1) is 6.04 Å². The molecule has 5 heteroatoms. The zero-order chi connectivity index (χ0) is 12.8. The van der Waals surface area contributed by atoms with Crippen molar-refractivity contribution in [2.24, 2.45) is 0 Å². The third-order valence-corrected chi connectivity index (χ3v) is 3.79. The fourth-order valence-corrected chi connectivity index (χ4v) is 2.71. The number of nitrogens with one attached hydrogen (secondary N) is 1. The summed E-state index contributed by atoms with van der Waals surface area (Å²) in [5, 5.41) is 3.31. The lowest BCUT2D eigenvalue weighted by Crippen LogP contribution is -2.52. The van der Waals surface area contributed by atoms with Crippen LogP contribution in [-0.4, -0.2) is 52.2 Å². The molecule has 2 unspecified atom stereocenters. The van der Waals surface area contributed by atoms with Crippen LogP contribution in [0.15, 0.2) is 0 Å². The van der Waals surface area contributed by atoms with E-state index in [1.807, 2.05) is 4.90 Å². The predicted molar refractivity (Wildman–Crippen MR) is 71.4 cm³/mol. The van der Waals surface area contributed by atoms with Crippen molar-refractivity contribution in [1.82, 2.24) is 10.2 Å². The van der Waals surface area contributed by atoms with Crippen LogP contribution < -0.4 is 5.32 Å². The number of likely N-dealkylation sites (tertiary alicyclic amines) is 1. The number of carbonyl (C=O) groups excluding carboxylic acids is 1. The quantitative estimate of drug-likeness (QED) is 0.766. The van der Waals surface area contributed by atoms with E-state index in [1.54, 1.807) is 6.26 Å². The van der Waals surface area contributed by atoms with E-state index in [9.17, 15) is 9.00 Å². The van der Waals surface area contributed by atoms with Gasteiger partial charge < -0.3 is 10.2 Å². The second-order valence-corrected chi connectivity index (χ2v) is 6.53. The Morgan fingerprint density at radius 1 is 1.53 bits per heavy atom. The Bertz CT molecular complexity index is 282. The summed E-state index contributed by atoms with van der Waals surface area (Å²) in [6.45, 7) is 5.72. The van der Waals surface area contributed by atoms with Crippen LogP contribution in [0.4, 0.5) is 0 Å². The highest BCUT2D eigenvalue weighted by Gasteiger charge is 2.28. The lowest BCUT2D eigenvalue weighted by molar-refractivity contribution is -0.136. The molecule has 2 atom stereocenters. The zero-order valence-corrected chi connectivity index (χ0v) is 11.9. The third-order valence-electron chi connectivity index (χ3n) is 2.92. The maximum absolute atomic E-state index is 12.1. The molecule has 0 aliphatic carbocycles. The minimum absolute atomic E-state index is 0.0177. The van der Waals surface area contributed by atoms with Gasteiger partial charge >= 0.3 is 0 Å². The summed E-state index contributed by atoms with van der Waals surface area (Å²) in [6, 6.07) is 0.322.